The molecule has 0 unspecified atom stereocenters. The van der Waals surface area contributed by atoms with E-state index in [-0.39, 0.29) is 0 Å². The van der Waals surface area contributed by atoms with E-state index >= 15 is 0 Å². The normalized spacial score (nSPS) is 15.5. The van der Waals surface area contributed by atoms with E-state index in [1.54, 1.807) is 12.7 Å². The molecule has 1 aliphatic heterocycles. The molecule has 0 amide bonds. The van der Waals surface area contributed by atoms with Crippen molar-refractivity contribution in [3.05, 3.63) is 12.0 Å². The first-order valence-corrected chi connectivity index (χ1v) is 2.94. The predicted octanol–water partition coefficient (Wildman–Crippen LogP) is -0.241. The molecule has 2 heterocycles. The Kier molecular flexibility index (Phi) is 0.983. The summed E-state index contributed by atoms with van der Waals surface area (Å²) in [6.07, 6.45) is 3.17. The Labute approximate surface area is 57.5 Å². The van der Waals surface area contributed by atoms with Gasteiger partial charge < -0.3 is 4.98 Å². The van der Waals surface area contributed by atoms with Crippen molar-refractivity contribution in [3.63, 3.8) is 0 Å². The van der Waals surface area contributed by atoms with E-state index in [2.05, 4.69) is 15.0 Å². The fourth-order valence-electron chi connectivity index (χ4n) is 0.894. The average molecular weight is 137 g/mol. The second-order valence-corrected chi connectivity index (χ2v) is 2.12. The molecule has 1 aromatic rings. The van der Waals surface area contributed by atoms with Crippen molar-refractivity contribution in [1.82, 2.24) is 15.0 Å². The fourth-order valence-corrected chi connectivity index (χ4v) is 0.894. The van der Waals surface area contributed by atoms with Gasteiger partial charge in [0.15, 0.2) is 5.82 Å². The number of hydrazine groups is 1. The molecule has 0 fully saturated rings. The Morgan fingerprint density at radius 1 is 1.70 bits per heavy atom. The van der Waals surface area contributed by atoms with Gasteiger partial charge in [0.05, 0.1) is 18.6 Å². The zero-order valence-electron chi connectivity index (χ0n) is 5.28. The molecule has 0 saturated carbocycles. The highest BCUT2D eigenvalue weighted by Crippen LogP contribution is 2.16. The molecule has 0 spiro atoms. The summed E-state index contributed by atoms with van der Waals surface area (Å²) in [5, 5.41) is 1.50. The number of aromatic nitrogens is 2. The predicted molar refractivity (Wildman–Crippen MR) is 36.5 cm³/mol. The van der Waals surface area contributed by atoms with Crippen LogP contribution in [0.4, 0.5) is 5.82 Å². The minimum Gasteiger partial charge on any atom is -0.345 e. The number of nitrogens with one attached hydrogen (secondary N) is 1. The summed E-state index contributed by atoms with van der Waals surface area (Å²) >= 11 is 0. The van der Waals surface area contributed by atoms with Gasteiger partial charge in [0, 0.05) is 0 Å². The number of H-pyrrole nitrogens is 1. The van der Waals surface area contributed by atoms with Gasteiger partial charge in [0.25, 0.3) is 0 Å². The number of hydrogen-bond acceptors (Lipinski definition) is 4. The summed E-state index contributed by atoms with van der Waals surface area (Å²) in [6, 6.07) is 0. The van der Waals surface area contributed by atoms with Crippen LogP contribution in [0.1, 0.15) is 5.69 Å². The monoisotopic (exact) mass is 137 g/mol. The average Bonchev–Trinajstić information content (AvgIpc) is 2.33. The van der Waals surface area contributed by atoms with E-state index in [0.29, 0.717) is 6.54 Å². The number of rotatable bonds is 0. The molecule has 1 aliphatic rings. The van der Waals surface area contributed by atoms with E-state index < -0.39 is 0 Å². The lowest BCUT2D eigenvalue weighted by atomic mass is 10.4. The zero-order valence-corrected chi connectivity index (χ0v) is 5.28. The molecule has 10 heavy (non-hydrogen) atoms. The van der Waals surface area contributed by atoms with Gasteiger partial charge in [-0.1, -0.05) is 0 Å². The minimum absolute atomic E-state index is 0.652. The Morgan fingerprint density at radius 3 is 3.50 bits per heavy atom. The molecule has 0 atom stereocenters. The molecule has 0 radical (unpaired) electrons. The van der Waals surface area contributed by atoms with Crippen molar-refractivity contribution in [2.45, 2.75) is 6.54 Å². The molecule has 0 aliphatic carbocycles. The smallest absolute Gasteiger partial charge is 0.176 e. The minimum atomic E-state index is 0.652. The summed E-state index contributed by atoms with van der Waals surface area (Å²) in [5.74, 6) is 6.18. The lowest BCUT2D eigenvalue weighted by Crippen LogP contribution is -2.30. The van der Waals surface area contributed by atoms with Crippen LogP contribution < -0.4 is 5.84 Å². The Morgan fingerprint density at radius 2 is 2.60 bits per heavy atom. The number of nitrogens with zero attached hydrogens (tertiary/aromatic N) is 3. The van der Waals surface area contributed by atoms with E-state index in [4.69, 9.17) is 5.84 Å². The van der Waals surface area contributed by atoms with E-state index in [1.807, 2.05) is 0 Å². The molecule has 0 saturated heterocycles. The van der Waals surface area contributed by atoms with Gasteiger partial charge in [-0.25, -0.2) is 15.8 Å². The summed E-state index contributed by atoms with van der Waals surface area (Å²) in [4.78, 5) is 10.9. The van der Waals surface area contributed by atoms with Gasteiger partial charge >= 0.3 is 0 Å². The number of imidazole rings is 1. The fraction of sp³-hybridized carbons (Fsp3) is 0.200. The van der Waals surface area contributed by atoms with E-state index in [9.17, 15) is 0 Å². The SMILES string of the molecule is NN1C=Nc2nc[nH]c2C1. The first-order chi connectivity index (χ1) is 4.86. The lowest BCUT2D eigenvalue weighted by Gasteiger charge is -2.14. The second kappa shape index (κ2) is 1.81. The van der Waals surface area contributed by atoms with E-state index in [1.165, 1.54) is 5.01 Å². The molecular weight excluding hydrogens is 130 g/mol. The van der Waals surface area contributed by atoms with Crippen LogP contribution in [0.3, 0.4) is 0 Å². The van der Waals surface area contributed by atoms with Gasteiger partial charge in [0.2, 0.25) is 0 Å². The number of hydrogen-bond donors (Lipinski definition) is 2. The van der Waals surface area contributed by atoms with Crippen molar-refractivity contribution < 1.29 is 0 Å². The molecule has 2 rings (SSSR count). The Balaban J connectivity index is 2.43. The highest BCUT2D eigenvalue weighted by molar-refractivity contribution is 5.62. The molecule has 3 N–H and O–H groups in total. The molecule has 5 heteroatoms. The first-order valence-electron chi connectivity index (χ1n) is 2.94. The van der Waals surface area contributed by atoms with Crippen LogP contribution in [-0.2, 0) is 6.54 Å². The van der Waals surface area contributed by atoms with Crippen LogP contribution in [0, 0.1) is 0 Å². The largest absolute Gasteiger partial charge is 0.345 e. The van der Waals surface area contributed by atoms with Crippen LogP contribution in [0.15, 0.2) is 11.3 Å². The Hall–Kier alpha value is -1.36. The standard InChI is InChI=1S/C5H7N5/c6-10-1-4-5(9-3-10)8-2-7-4/h2-3H,1,6H2,(H,7,8). The second-order valence-electron chi connectivity index (χ2n) is 2.12. The third-order valence-electron chi connectivity index (χ3n) is 1.36. The summed E-state index contributed by atoms with van der Waals surface area (Å²) < 4.78 is 0. The zero-order chi connectivity index (χ0) is 6.97. The highest BCUT2D eigenvalue weighted by Gasteiger charge is 2.09. The topological polar surface area (TPSA) is 70.3 Å². The highest BCUT2D eigenvalue weighted by atomic mass is 15.4. The van der Waals surface area contributed by atoms with Gasteiger partial charge in [0.1, 0.15) is 6.34 Å². The summed E-state index contributed by atoms with van der Waals surface area (Å²) in [6.45, 7) is 0.652. The Bertz CT molecular complexity index is 263. The lowest BCUT2D eigenvalue weighted by molar-refractivity contribution is 0.436. The maximum absolute atomic E-state index is 5.44. The molecule has 1 aromatic heterocycles. The maximum atomic E-state index is 5.44. The van der Waals surface area contributed by atoms with Gasteiger partial charge in [-0.2, -0.15) is 0 Å². The van der Waals surface area contributed by atoms with Gasteiger partial charge in [-0.05, 0) is 0 Å². The number of nitrogens with two attached hydrogens (primary N) is 1. The van der Waals surface area contributed by atoms with Gasteiger partial charge in [-0.3, -0.25) is 5.01 Å². The van der Waals surface area contributed by atoms with Crippen LogP contribution in [-0.4, -0.2) is 21.3 Å². The first kappa shape index (κ1) is 5.43. The van der Waals surface area contributed by atoms with Crippen LogP contribution in [0.2, 0.25) is 0 Å². The maximum Gasteiger partial charge on any atom is 0.176 e. The van der Waals surface area contributed by atoms with Crippen LogP contribution >= 0.6 is 0 Å². The molecule has 0 aromatic carbocycles. The van der Waals surface area contributed by atoms with Gasteiger partial charge in [-0.15, -0.1) is 0 Å². The quantitative estimate of drug-likeness (QED) is 0.485. The number of fused-ring (bicyclic) bond motifs is 1. The van der Waals surface area contributed by atoms with Crippen LogP contribution in [0.5, 0.6) is 0 Å². The van der Waals surface area contributed by atoms with Crippen molar-refractivity contribution >= 4 is 12.2 Å². The number of aliphatic imine (C=N–C) groups is 1. The van der Waals surface area contributed by atoms with Crippen molar-refractivity contribution in [1.29, 1.82) is 0 Å². The molecule has 0 bridgehead atoms. The summed E-state index contributed by atoms with van der Waals surface area (Å²) in [7, 11) is 0. The molecular formula is C5H7N5. The third kappa shape index (κ3) is 0.679. The molecule has 5 nitrogen and oxygen atoms in total. The van der Waals surface area contributed by atoms with Crippen molar-refractivity contribution in [2.24, 2.45) is 10.8 Å². The van der Waals surface area contributed by atoms with Crippen LogP contribution in [0.25, 0.3) is 0 Å². The van der Waals surface area contributed by atoms with E-state index in [0.717, 1.165) is 11.5 Å². The summed E-state index contributed by atoms with van der Waals surface area (Å²) in [5.41, 5.74) is 0.963. The third-order valence-corrected chi connectivity index (χ3v) is 1.36. The number of aromatic amines is 1. The molecule has 52 valence electrons. The van der Waals surface area contributed by atoms with Crippen molar-refractivity contribution in [3.8, 4) is 0 Å². The van der Waals surface area contributed by atoms with Crippen molar-refractivity contribution in [2.75, 3.05) is 0 Å².